The Hall–Kier alpha value is -2.45. The first kappa shape index (κ1) is 26.2. The van der Waals surface area contributed by atoms with E-state index in [-0.39, 0.29) is 19.1 Å². The number of aliphatic hydroxyl groups excluding tert-OH is 1. The highest BCUT2D eigenvalue weighted by molar-refractivity contribution is 6.30. The molecule has 37 heavy (non-hydrogen) atoms. The maximum atomic E-state index is 14.3. The average molecular weight is 542 g/mol. The standard InChI is InChI=1S/C29H29Cl2NO5/c1-17(18-4-9-21(30)10-5-18)32-27(34)23-14-20(28(2,3)35)8-13-24(23)29(32,19-6-11-22(31)12-7-19)37-26-16-36-15-25(26)33/h4-14,17,25-26,33,35H,15-16H2,1-3H3/t17?,25-,26+,29-/m1/s1. The summed E-state index contributed by atoms with van der Waals surface area (Å²) in [5.74, 6) is -0.257. The third-order valence-electron chi connectivity index (χ3n) is 7.18. The van der Waals surface area contributed by atoms with E-state index in [0.717, 1.165) is 5.56 Å². The van der Waals surface area contributed by atoms with E-state index in [2.05, 4.69) is 0 Å². The number of nitrogens with zero attached hydrogens (tertiary/aromatic N) is 1. The molecule has 0 spiro atoms. The molecule has 2 heterocycles. The lowest BCUT2D eigenvalue weighted by Gasteiger charge is -2.44. The van der Waals surface area contributed by atoms with Crippen molar-refractivity contribution in [1.82, 2.24) is 4.90 Å². The molecule has 1 saturated heterocycles. The monoisotopic (exact) mass is 541 g/mol. The zero-order valence-corrected chi connectivity index (χ0v) is 22.3. The SMILES string of the molecule is CC(c1ccc(Cl)cc1)N1C(=O)c2cc(C(C)(C)O)ccc2[C@]1(O[C@H]1COC[C@H]1O)c1ccc(Cl)cc1. The number of ether oxygens (including phenoxy) is 2. The second-order valence-corrected chi connectivity index (χ2v) is 11.0. The number of carbonyl (C=O) groups is 1. The van der Waals surface area contributed by atoms with Crippen LogP contribution in [0, 0.1) is 0 Å². The smallest absolute Gasteiger partial charge is 0.257 e. The van der Waals surface area contributed by atoms with Gasteiger partial charge in [-0.25, -0.2) is 0 Å². The van der Waals surface area contributed by atoms with Crippen molar-refractivity contribution >= 4 is 29.1 Å². The third-order valence-corrected chi connectivity index (χ3v) is 7.68. The summed E-state index contributed by atoms with van der Waals surface area (Å²) in [4.78, 5) is 16.0. The maximum Gasteiger partial charge on any atom is 0.257 e. The van der Waals surface area contributed by atoms with Gasteiger partial charge in [0.1, 0.15) is 12.2 Å². The van der Waals surface area contributed by atoms with Gasteiger partial charge in [0.25, 0.3) is 5.91 Å². The molecule has 0 aliphatic carbocycles. The van der Waals surface area contributed by atoms with Crippen LogP contribution in [-0.4, -0.2) is 46.4 Å². The number of hydrogen-bond donors (Lipinski definition) is 2. The molecule has 3 aromatic rings. The minimum absolute atomic E-state index is 0.145. The van der Waals surface area contributed by atoms with Gasteiger partial charge in [0.05, 0.1) is 24.9 Å². The van der Waals surface area contributed by atoms with Crippen LogP contribution < -0.4 is 0 Å². The molecule has 2 N–H and O–H groups in total. The van der Waals surface area contributed by atoms with E-state index in [1.54, 1.807) is 55.1 Å². The number of amides is 1. The summed E-state index contributed by atoms with van der Waals surface area (Å²) in [6.45, 7) is 5.62. The molecule has 2 aliphatic rings. The van der Waals surface area contributed by atoms with Crippen molar-refractivity contribution in [3.8, 4) is 0 Å². The van der Waals surface area contributed by atoms with Crippen LogP contribution in [0.15, 0.2) is 66.7 Å². The van der Waals surface area contributed by atoms with Crippen LogP contribution in [0.2, 0.25) is 10.0 Å². The van der Waals surface area contributed by atoms with Crippen molar-refractivity contribution in [1.29, 1.82) is 0 Å². The second-order valence-electron chi connectivity index (χ2n) is 10.1. The predicted molar refractivity (Wildman–Crippen MR) is 142 cm³/mol. The van der Waals surface area contributed by atoms with Crippen LogP contribution in [0.1, 0.15) is 59.4 Å². The van der Waals surface area contributed by atoms with Crippen LogP contribution in [-0.2, 0) is 20.8 Å². The molecule has 1 unspecified atom stereocenters. The van der Waals surface area contributed by atoms with Gasteiger partial charge >= 0.3 is 0 Å². The summed E-state index contributed by atoms with van der Waals surface area (Å²) < 4.78 is 12.3. The summed E-state index contributed by atoms with van der Waals surface area (Å²) in [6.07, 6.45) is -1.53. The molecule has 1 fully saturated rings. The van der Waals surface area contributed by atoms with Crippen LogP contribution in [0.25, 0.3) is 0 Å². The number of halogens is 2. The third kappa shape index (κ3) is 4.56. The van der Waals surface area contributed by atoms with E-state index in [0.29, 0.717) is 32.3 Å². The molecule has 1 amide bonds. The Morgan fingerprint density at radius 1 is 1.03 bits per heavy atom. The fourth-order valence-corrected chi connectivity index (χ4v) is 5.40. The van der Waals surface area contributed by atoms with Crippen molar-refractivity contribution in [2.45, 2.75) is 50.3 Å². The number of rotatable bonds is 6. The predicted octanol–water partition coefficient (Wildman–Crippen LogP) is 5.42. The summed E-state index contributed by atoms with van der Waals surface area (Å²) >= 11 is 12.4. The van der Waals surface area contributed by atoms with E-state index in [4.69, 9.17) is 32.7 Å². The fraction of sp³-hybridized carbons (Fsp3) is 0.345. The molecule has 3 aromatic carbocycles. The first-order chi connectivity index (χ1) is 17.5. The first-order valence-electron chi connectivity index (χ1n) is 12.2. The van der Waals surface area contributed by atoms with Gasteiger partial charge in [0.15, 0.2) is 5.72 Å². The largest absolute Gasteiger partial charge is 0.388 e. The number of aliphatic hydroxyl groups is 2. The van der Waals surface area contributed by atoms with Gasteiger partial charge in [-0.1, -0.05) is 59.6 Å². The minimum atomic E-state index is -1.40. The highest BCUT2D eigenvalue weighted by Gasteiger charge is 2.56. The Labute approximate surface area is 226 Å². The van der Waals surface area contributed by atoms with Gasteiger partial charge in [0.2, 0.25) is 0 Å². The topological polar surface area (TPSA) is 79.2 Å². The molecule has 4 atom stereocenters. The second kappa shape index (κ2) is 9.70. The Morgan fingerprint density at radius 3 is 2.22 bits per heavy atom. The van der Waals surface area contributed by atoms with Crippen LogP contribution in [0.5, 0.6) is 0 Å². The van der Waals surface area contributed by atoms with Crippen LogP contribution >= 0.6 is 23.2 Å². The molecular weight excluding hydrogens is 513 g/mol. The van der Waals surface area contributed by atoms with E-state index in [1.807, 2.05) is 37.3 Å². The van der Waals surface area contributed by atoms with Gasteiger partial charge in [-0.05, 0) is 62.2 Å². The first-order valence-corrected chi connectivity index (χ1v) is 12.9. The molecule has 0 bridgehead atoms. The quantitative estimate of drug-likeness (QED) is 0.435. The molecule has 194 valence electrons. The molecular formula is C29H29Cl2NO5. The summed E-state index contributed by atoms with van der Waals surface area (Å²) in [7, 11) is 0. The van der Waals surface area contributed by atoms with Crippen molar-refractivity contribution in [3.05, 3.63) is 105 Å². The van der Waals surface area contributed by atoms with E-state index >= 15 is 0 Å². The lowest BCUT2D eigenvalue weighted by molar-refractivity contribution is -0.172. The zero-order chi connectivity index (χ0) is 26.5. The molecule has 5 rings (SSSR count). The average Bonchev–Trinajstić information content (AvgIpc) is 3.37. The number of fused-ring (bicyclic) bond motifs is 1. The molecule has 0 aromatic heterocycles. The van der Waals surface area contributed by atoms with Crippen LogP contribution in [0.4, 0.5) is 0 Å². The summed E-state index contributed by atoms with van der Waals surface area (Å²) in [5, 5.41) is 22.5. The molecule has 0 radical (unpaired) electrons. The molecule has 2 aliphatic heterocycles. The number of carbonyl (C=O) groups excluding carboxylic acids is 1. The van der Waals surface area contributed by atoms with Crippen molar-refractivity contribution < 1.29 is 24.5 Å². The Morgan fingerprint density at radius 2 is 1.65 bits per heavy atom. The molecule has 6 nitrogen and oxygen atoms in total. The minimum Gasteiger partial charge on any atom is -0.388 e. The number of hydrogen-bond acceptors (Lipinski definition) is 5. The highest BCUT2D eigenvalue weighted by Crippen LogP contribution is 2.51. The van der Waals surface area contributed by atoms with Gasteiger partial charge in [0, 0.05) is 26.7 Å². The van der Waals surface area contributed by atoms with Gasteiger partial charge in [-0.2, -0.15) is 0 Å². The van der Waals surface area contributed by atoms with Crippen LogP contribution in [0.3, 0.4) is 0 Å². The van der Waals surface area contributed by atoms with Gasteiger partial charge in [-0.15, -0.1) is 0 Å². The number of benzene rings is 3. The fourth-order valence-electron chi connectivity index (χ4n) is 5.15. The van der Waals surface area contributed by atoms with E-state index in [9.17, 15) is 15.0 Å². The van der Waals surface area contributed by atoms with E-state index < -0.39 is 29.6 Å². The lowest BCUT2D eigenvalue weighted by atomic mass is 9.88. The molecule has 0 saturated carbocycles. The van der Waals surface area contributed by atoms with Crippen molar-refractivity contribution in [2.75, 3.05) is 13.2 Å². The summed E-state index contributed by atoms with van der Waals surface area (Å²) in [5.41, 5.74) is 0.641. The summed E-state index contributed by atoms with van der Waals surface area (Å²) in [6, 6.07) is 19.4. The van der Waals surface area contributed by atoms with Gasteiger partial charge in [-0.3, -0.25) is 9.69 Å². The van der Waals surface area contributed by atoms with Crippen molar-refractivity contribution in [2.24, 2.45) is 0 Å². The lowest BCUT2D eigenvalue weighted by Crippen LogP contribution is -2.51. The Kier molecular flexibility index (Phi) is 6.86. The van der Waals surface area contributed by atoms with Crippen molar-refractivity contribution in [3.63, 3.8) is 0 Å². The zero-order valence-electron chi connectivity index (χ0n) is 20.8. The Bertz CT molecular complexity index is 1310. The van der Waals surface area contributed by atoms with E-state index in [1.165, 1.54) is 0 Å². The highest BCUT2D eigenvalue weighted by atomic mass is 35.5. The maximum absolute atomic E-state index is 14.3. The van der Waals surface area contributed by atoms with Gasteiger partial charge < -0.3 is 19.7 Å². The molecule has 8 heteroatoms. The normalized spacial score (nSPS) is 24.4. The Balaban J connectivity index is 1.77.